The molecule has 1 aromatic rings. The zero-order chi connectivity index (χ0) is 15.0. The number of aromatic nitrogens is 1. The normalized spacial score (nSPS) is 11.4. The minimum Gasteiger partial charge on any atom is -0.396 e. The number of halogens is 3. The summed E-state index contributed by atoms with van der Waals surface area (Å²) in [6.45, 7) is 2.96. The van der Waals surface area contributed by atoms with Crippen LogP contribution in [0.4, 0.5) is 24.8 Å². The van der Waals surface area contributed by atoms with E-state index in [2.05, 4.69) is 15.6 Å². The van der Waals surface area contributed by atoms with Gasteiger partial charge in [-0.25, -0.2) is 4.98 Å². The molecule has 0 aliphatic rings. The summed E-state index contributed by atoms with van der Waals surface area (Å²) >= 11 is 0. The Morgan fingerprint density at radius 3 is 2.30 bits per heavy atom. The van der Waals surface area contributed by atoms with Gasteiger partial charge >= 0.3 is 6.18 Å². The summed E-state index contributed by atoms with van der Waals surface area (Å²) in [4.78, 5) is 4.08. The van der Waals surface area contributed by atoms with Crippen LogP contribution in [0.3, 0.4) is 0 Å². The largest absolute Gasteiger partial charge is 0.416 e. The topological polar surface area (TPSA) is 57.2 Å². The van der Waals surface area contributed by atoms with E-state index in [1.807, 2.05) is 0 Å². The Labute approximate surface area is 116 Å². The maximum atomic E-state index is 12.8. The zero-order valence-electron chi connectivity index (χ0n) is 11.4. The molecule has 3 N–H and O–H groups in total. The van der Waals surface area contributed by atoms with E-state index in [0.717, 1.165) is 25.0 Å². The number of alkyl halides is 3. The van der Waals surface area contributed by atoms with Crippen molar-refractivity contribution in [2.45, 2.75) is 32.4 Å². The average molecular weight is 291 g/mol. The molecule has 4 nitrogen and oxygen atoms in total. The molecule has 0 atom stereocenters. The van der Waals surface area contributed by atoms with E-state index in [1.54, 1.807) is 6.92 Å². The molecule has 0 saturated carbocycles. The van der Waals surface area contributed by atoms with Crippen LogP contribution in [0.2, 0.25) is 0 Å². The van der Waals surface area contributed by atoms with Crippen LogP contribution in [0.1, 0.15) is 31.7 Å². The lowest BCUT2D eigenvalue weighted by Crippen LogP contribution is -2.11. The van der Waals surface area contributed by atoms with Gasteiger partial charge in [-0.15, -0.1) is 0 Å². The van der Waals surface area contributed by atoms with Crippen molar-refractivity contribution in [3.8, 4) is 0 Å². The molecule has 0 amide bonds. The van der Waals surface area contributed by atoms with E-state index in [9.17, 15) is 13.2 Å². The molecule has 0 unspecified atom stereocenters. The molecule has 0 bridgehead atoms. The number of nitrogens with one attached hydrogen (secondary N) is 2. The average Bonchev–Trinajstić information content (AvgIpc) is 2.38. The fourth-order valence-corrected chi connectivity index (χ4v) is 1.69. The lowest BCUT2D eigenvalue weighted by Gasteiger charge is -2.13. The predicted molar refractivity (Wildman–Crippen MR) is 72.8 cm³/mol. The number of hydrogen-bond donors (Lipinski definition) is 3. The zero-order valence-corrected chi connectivity index (χ0v) is 11.4. The molecule has 20 heavy (non-hydrogen) atoms. The fourth-order valence-electron chi connectivity index (χ4n) is 1.69. The standard InChI is InChI=1S/C13H20F3N3O/c1-2-17-11-8-10(13(14,15)16)9-12(19-11)18-6-4-3-5-7-20/h8-9,20H,2-7H2,1H3,(H2,17,18,19). The van der Waals surface area contributed by atoms with Gasteiger partial charge in [0.05, 0.1) is 5.56 Å². The van der Waals surface area contributed by atoms with Crippen molar-refractivity contribution in [2.24, 2.45) is 0 Å². The molecule has 0 aromatic carbocycles. The highest BCUT2D eigenvalue weighted by atomic mass is 19.4. The lowest BCUT2D eigenvalue weighted by atomic mass is 10.2. The molecule has 0 aliphatic heterocycles. The van der Waals surface area contributed by atoms with Gasteiger partial charge in [-0.1, -0.05) is 0 Å². The maximum Gasteiger partial charge on any atom is 0.416 e. The fraction of sp³-hybridized carbons (Fsp3) is 0.615. The van der Waals surface area contributed by atoms with Gasteiger partial charge in [-0.2, -0.15) is 13.2 Å². The smallest absolute Gasteiger partial charge is 0.396 e. The molecule has 0 spiro atoms. The Morgan fingerprint density at radius 1 is 1.10 bits per heavy atom. The van der Waals surface area contributed by atoms with Gasteiger partial charge in [0.15, 0.2) is 0 Å². The quantitative estimate of drug-likeness (QED) is 0.644. The summed E-state index contributed by atoms with van der Waals surface area (Å²) in [6.07, 6.45) is -2.10. The number of nitrogens with zero attached hydrogens (tertiary/aromatic N) is 1. The van der Waals surface area contributed by atoms with E-state index >= 15 is 0 Å². The number of hydrogen-bond acceptors (Lipinski definition) is 4. The van der Waals surface area contributed by atoms with E-state index in [1.165, 1.54) is 0 Å². The number of pyridine rings is 1. The highest BCUT2D eigenvalue weighted by Gasteiger charge is 2.31. The van der Waals surface area contributed by atoms with Gasteiger partial charge < -0.3 is 15.7 Å². The number of unbranched alkanes of at least 4 members (excludes halogenated alkanes) is 2. The molecule has 0 aliphatic carbocycles. The summed E-state index contributed by atoms with van der Waals surface area (Å²) in [7, 11) is 0. The molecule has 114 valence electrons. The van der Waals surface area contributed by atoms with Crippen LogP contribution < -0.4 is 10.6 Å². The van der Waals surface area contributed by atoms with Crippen molar-refractivity contribution in [2.75, 3.05) is 30.3 Å². The van der Waals surface area contributed by atoms with Crippen LogP contribution in [0.25, 0.3) is 0 Å². The Morgan fingerprint density at radius 2 is 1.75 bits per heavy atom. The van der Waals surface area contributed by atoms with Gasteiger partial charge in [0.2, 0.25) is 0 Å². The van der Waals surface area contributed by atoms with Crippen molar-refractivity contribution in [1.29, 1.82) is 0 Å². The van der Waals surface area contributed by atoms with Gasteiger partial charge in [-0.05, 0) is 38.3 Å². The van der Waals surface area contributed by atoms with Crippen LogP contribution >= 0.6 is 0 Å². The van der Waals surface area contributed by atoms with Crippen molar-refractivity contribution in [3.63, 3.8) is 0 Å². The number of aliphatic hydroxyl groups is 1. The molecule has 0 fully saturated rings. The van der Waals surface area contributed by atoms with Crippen LogP contribution in [-0.4, -0.2) is 29.8 Å². The molecule has 0 saturated heterocycles. The molecule has 1 aromatic heterocycles. The molecule has 1 heterocycles. The van der Waals surface area contributed by atoms with Crippen LogP contribution in [-0.2, 0) is 6.18 Å². The first-order valence-electron chi connectivity index (χ1n) is 6.65. The summed E-state index contributed by atoms with van der Waals surface area (Å²) < 4.78 is 38.3. The van der Waals surface area contributed by atoms with E-state index < -0.39 is 11.7 Å². The first-order chi connectivity index (χ1) is 9.47. The summed E-state index contributed by atoms with van der Waals surface area (Å²) in [5.41, 5.74) is -0.721. The second-order valence-electron chi connectivity index (χ2n) is 4.37. The molecule has 1 rings (SSSR count). The Kier molecular flexibility index (Phi) is 6.57. The number of rotatable bonds is 8. The molecular weight excluding hydrogens is 271 g/mol. The summed E-state index contributed by atoms with van der Waals surface area (Å²) in [5, 5.41) is 14.3. The van der Waals surface area contributed by atoms with Crippen LogP contribution in [0.5, 0.6) is 0 Å². The molecule has 0 radical (unpaired) electrons. The third kappa shape index (κ3) is 5.64. The van der Waals surface area contributed by atoms with Crippen molar-refractivity contribution in [1.82, 2.24) is 4.98 Å². The number of aliphatic hydroxyl groups excluding tert-OH is 1. The summed E-state index contributed by atoms with van der Waals surface area (Å²) in [6, 6.07) is 2.01. The van der Waals surface area contributed by atoms with Crippen molar-refractivity contribution in [3.05, 3.63) is 17.7 Å². The Hall–Kier alpha value is -1.50. The van der Waals surface area contributed by atoms with E-state index in [0.29, 0.717) is 19.5 Å². The molecular formula is C13H20F3N3O. The SMILES string of the molecule is CCNc1cc(C(F)(F)F)cc(NCCCCCO)n1. The Balaban J connectivity index is 2.71. The van der Waals surface area contributed by atoms with Crippen molar-refractivity contribution >= 4 is 11.6 Å². The van der Waals surface area contributed by atoms with Crippen LogP contribution in [0.15, 0.2) is 12.1 Å². The van der Waals surface area contributed by atoms with E-state index in [-0.39, 0.29) is 18.2 Å². The minimum absolute atomic E-state index is 0.131. The third-order valence-electron chi connectivity index (χ3n) is 2.65. The number of anilines is 2. The Bertz CT molecular complexity index is 410. The molecule has 7 heteroatoms. The van der Waals surface area contributed by atoms with Gasteiger partial charge in [-0.3, -0.25) is 0 Å². The van der Waals surface area contributed by atoms with Gasteiger partial charge in [0.1, 0.15) is 11.6 Å². The third-order valence-corrected chi connectivity index (χ3v) is 2.65. The first kappa shape index (κ1) is 16.6. The van der Waals surface area contributed by atoms with Gasteiger partial charge in [0, 0.05) is 19.7 Å². The lowest BCUT2D eigenvalue weighted by molar-refractivity contribution is -0.137. The second kappa shape index (κ2) is 7.94. The second-order valence-corrected chi connectivity index (χ2v) is 4.37. The van der Waals surface area contributed by atoms with E-state index in [4.69, 9.17) is 5.11 Å². The first-order valence-corrected chi connectivity index (χ1v) is 6.65. The maximum absolute atomic E-state index is 12.8. The highest BCUT2D eigenvalue weighted by Crippen LogP contribution is 2.32. The van der Waals surface area contributed by atoms with Gasteiger partial charge in [0.25, 0.3) is 0 Å². The van der Waals surface area contributed by atoms with Crippen LogP contribution in [0, 0.1) is 0 Å². The monoisotopic (exact) mass is 291 g/mol. The highest BCUT2D eigenvalue weighted by molar-refractivity contribution is 5.49. The van der Waals surface area contributed by atoms with Crippen molar-refractivity contribution < 1.29 is 18.3 Å². The minimum atomic E-state index is -4.39. The summed E-state index contributed by atoms with van der Waals surface area (Å²) in [5.74, 6) is 0.417. The predicted octanol–water partition coefficient (Wildman–Crippen LogP) is 3.11.